The highest BCUT2D eigenvalue weighted by Gasteiger charge is 2.52. The van der Waals surface area contributed by atoms with E-state index in [-0.39, 0.29) is 11.5 Å². The number of carboxylic acid groups (broad SMARTS) is 1. The maximum atomic E-state index is 12.3. The smallest absolute Gasteiger partial charge is 0.335 e. The van der Waals surface area contributed by atoms with Crippen LogP contribution < -0.4 is 0 Å². The van der Waals surface area contributed by atoms with Gasteiger partial charge in [0.1, 0.15) is 24.1 Å². The first kappa shape index (κ1) is 27.2. The number of phenols is 3. The summed E-state index contributed by atoms with van der Waals surface area (Å²) in [6.07, 6.45) is -1.48. The SMILES string of the molecule is Cc1ccc(/C=C/C(=O)O[C@@H]2C[C@@](O)(C(=O)O)C[C@@H](OC(=O)/C=C/c3ccc(O)c(O)c3)[C@@H]2O)cc1O. The molecular formula is C26H26O11. The summed E-state index contributed by atoms with van der Waals surface area (Å²) in [4.78, 5) is 36.3. The van der Waals surface area contributed by atoms with Gasteiger partial charge >= 0.3 is 17.9 Å². The van der Waals surface area contributed by atoms with Crippen molar-refractivity contribution in [2.24, 2.45) is 0 Å². The van der Waals surface area contributed by atoms with E-state index >= 15 is 0 Å². The van der Waals surface area contributed by atoms with Gasteiger partial charge in [0, 0.05) is 25.0 Å². The lowest BCUT2D eigenvalue weighted by Crippen LogP contribution is -2.58. The third-order valence-electron chi connectivity index (χ3n) is 5.83. The van der Waals surface area contributed by atoms with E-state index in [4.69, 9.17) is 9.47 Å². The van der Waals surface area contributed by atoms with Crippen LogP contribution in [0.3, 0.4) is 0 Å². The Morgan fingerprint density at radius 2 is 1.32 bits per heavy atom. The molecule has 196 valence electrons. The molecular weight excluding hydrogens is 488 g/mol. The van der Waals surface area contributed by atoms with E-state index in [0.717, 1.165) is 12.2 Å². The predicted octanol–water partition coefficient (Wildman–Crippen LogP) is 1.63. The van der Waals surface area contributed by atoms with Crippen molar-refractivity contribution in [3.8, 4) is 17.2 Å². The largest absolute Gasteiger partial charge is 0.508 e. The molecule has 2 aromatic rings. The molecule has 0 unspecified atom stereocenters. The van der Waals surface area contributed by atoms with Gasteiger partial charge in [-0.25, -0.2) is 14.4 Å². The average molecular weight is 514 g/mol. The summed E-state index contributed by atoms with van der Waals surface area (Å²) in [5, 5.41) is 59.3. The topological polar surface area (TPSA) is 191 Å². The summed E-state index contributed by atoms with van der Waals surface area (Å²) in [6.45, 7) is 1.70. The number of esters is 2. The van der Waals surface area contributed by atoms with Gasteiger partial charge in [0.2, 0.25) is 0 Å². The van der Waals surface area contributed by atoms with Gasteiger partial charge in [-0.05, 0) is 54.0 Å². The Hall–Kier alpha value is -4.35. The number of ether oxygens (including phenoxy) is 2. The normalized spacial score (nSPS) is 23.7. The molecule has 1 saturated carbocycles. The first-order valence-corrected chi connectivity index (χ1v) is 11.1. The molecule has 0 spiro atoms. The summed E-state index contributed by atoms with van der Waals surface area (Å²) in [5.41, 5.74) is -1.01. The number of phenolic OH excluding ortho intramolecular Hbond substituents is 3. The molecule has 3 rings (SSSR count). The van der Waals surface area contributed by atoms with Crippen LogP contribution >= 0.6 is 0 Å². The number of aromatic hydroxyl groups is 3. The van der Waals surface area contributed by atoms with Crippen molar-refractivity contribution >= 4 is 30.1 Å². The molecule has 0 aliphatic heterocycles. The van der Waals surface area contributed by atoms with Crippen LogP contribution in [0.2, 0.25) is 0 Å². The standard InChI is InChI=1S/C26H26O11/c1-14-2-3-15(10-18(14)28)5-8-22(30)36-20-12-26(35,25(33)34)13-21(24(20)32)37-23(31)9-6-16-4-7-17(27)19(29)11-16/h2-11,20-21,24,27-29,32,35H,12-13H2,1H3,(H,33,34)/b8-5+,9-6+/t20-,21-,24-,26+/m1/s1. The van der Waals surface area contributed by atoms with Crippen LogP contribution in [-0.2, 0) is 23.9 Å². The van der Waals surface area contributed by atoms with Crippen LogP contribution in [0.1, 0.15) is 29.5 Å². The molecule has 0 aromatic heterocycles. The van der Waals surface area contributed by atoms with Crippen molar-refractivity contribution in [2.75, 3.05) is 0 Å². The number of carbonyl (C=O) groups is 3. The minimum atomic E-state index is -2.45. The zero-order valence-corrected chi connectivity index (χ0v) is 19.6. The minimum Gasteiger partial charge on any atom is -0.508 e. The van der Waals surface area contributed by atoms with E-state index in [2.05, 4.69) is 0 Å². The fourth-order valence-electron chi connectivity index (χ4n) is 3.71. The number of aliphatic hydroxyl groups excluding tert-OH is 1. The summed E-state index contributed by atoms with van der Waals surface area (Å²) in [5.74, 6) is -4.37. The quantitative estimate of drug-likeness (QED) is 0.179. The molecule has 1 aliphatic carbocycles. The second-order valence-electron chi connectivity index (χ2n) is 8.65. The Morgan fingerprint density at radius 1 is 0.838 bits per heavy atom. The van der Waals surface area contributed by atoms with Crippen LogP contribution in [0, 0.1) is 6.92 Å². The van der Waals surface area contributed by atoms with Crippen LogP contribution in [-0.4, -0.2) is 72.5 Å². The van der Waals surface area contributed by atoms with Gasteiger partial charge < -0.3 is 40.1 Å². The molecule has 1 fully saturated rings. The summed E-state index contributed by atoms with van der Waals surface area (Å²) >= 11 is 0. The molecule has 0 heterocycles. The van der Waals surface area contributed by atoms with E-state index in [1.165, 1.54) is 36.4 Å². The lowest BCUT2D eigenvalue weighted by molar-refractivity contribution is -0.203. The molecule has 37 heavy (non-hydrogen) atoms. The van der Waals surface area contributed by atoms with Gasteiger partial charge in [-0.2, -0.15) is 0 Å². The van der Waals surface area contributed by atoms with Gasteiger partial charge in [-0.3, -0.25) is 0 Å². The van der Waals surface area contributed by atoms with Gasteiger partial charge in [0.05, 0.1) is 0 Å². The van der Waals surface area contributed by atoms with E-state index in [0.29, 0.717) is 16.7 Å². The molecule has 11 nitrogen and oxygen atoms in total. The van der Waals surface area contributed by atoms with Gasteiger partial charge in [0.15, 0.2) is 17.1 Å². The van der Waals surface area contributed by atoms with E-state index in [1.54, 1.807) is 19.1 Å². The molecule has 0 bridgehead atoms. The molecule has 11 heteroatoms. The molecule has 0 amide bonds. The predicted molar refractivity (Wildman–Crippen MR) is 128 cm³/mol. The highest BCUT2D eigenvalue weighted by Crippen LogP contribution is 2.33. The lowest BCUT2D eigenvalue weighted by atomic mass is 9.79. The van der Waals surface area contributed by atoms with Crippen molar-refractivity contribution in [3.05, 3.63) is 65.2 Å². The van der Waals surface area contributed by atoms with Crippen molar-refractivity contribution in [1.29, 1.82) is 0 Å². The van der Waals surface area contributed by atoms with Gasteiger partial charge in [0.25, 0.3) is 0 Å². The first-order chi connectivity index (χ1) is 17.4. The number of carbonyl (C=O) groups excluding carboxylic acids is 2. The highest BCUT2D eigenvalue weighted by molar-refractivity contribution is 5.88. The number of hydrogen-bond donors (Lipinski definition) is 6. The molecule has 6 N–H and O–H groups in total. The van der Waals surface area contributed by atoms with Crippen LogP contribution in [0.4, 0.5) is 0 Å². The average Bonchev–Trinajstić information content (AvgIpc) is 2.83. The monoisotopic (exact) mass is 514 g/mol. The van der Waals surface area contributed by atoms with Gasteiger partial charge in [-0.15, -0.1) is 0 Å². The number of aliphatic carboxylic acids is 1. The Balaban J connectivity index is 1.71. The van der Waals surface area contributed by atoms with E-state index in [1.807, 2.05) is 0 Å². The Bertz CT molecular complexity index is 1160. The van der Waals surface area contributed by atoms with E-state index in [9.17, 15) is 45.0 Å². The summed E-state index contributed by atoms with van der Waals surface area (Å²) < 4.78 is 10.3. The third kappa shape index (κ3) is 6.87. The first-order valence-electron chi connectivity index (χ1n) is 11.1. The number of carboxylic acids is 1. The summed E-state index contributed by atoms with van der Waals surface area (Å²) in [6, 6.07) is 8.47. The lowest BCUT2D eigenvalue weighted by Gasteiger charge is -2.40. The maximum Gasteiger partial charge on any atom is 0.335 e. The summed E-state index contributed by atoms with van der Waals surface area (Å²) in [7, 11) is 0. The molecule has 0 saturated heterocycles. The second kappa shape index (κ2) is 11.1. The van der Waals surface area contributed by atoms with Crippen molar-refractivity contribution in [2.45, 2.75) is 43.7 Å². The van der Waals surface area contributed by atoms with Crippen molar-refractivity contribution in [3.63, 3.8) is 0 Å². The number of hydrogen-bond acceptors (Lipinski definition) is 10. The van der Waals surface area contributed by atoms with Crippen LogP contribution in [0.25, 0.3) is 12.2 Å². The minimum absolute atomic E-state index is 0.0191. The van der Waals surface area contributed by atoms with Crippen molar-refractivity contribution < 1.29 is 54.5 Å². The molecule has 2 aromatic carbocycles. The Kier molecular flexibility index (Phi) is 8.21. The highest BCUT2D eigenvalue weighted by atomic mass is 16.6. The molecule has 0 radical (unpaired) electrons. The molecule has 1 aliphatic rings. The maximum absolute atomic E-state index is 12.3. The van der Waals surface area contributed by atoms with Crippen molar-refractivity contribution in [1.82, 2.24) is 0 Å². The van der Waals surface area contributed by atoms with Gasteiger partial charge in [-0.1, -0.05) is 18.2 Å². The number of aliphatic hydroxyl groups is 2. The Labute approximate surface area is 211 Å². The number of rotatable bonds is 7. The third-order valence-corrected chi connectivity index (χ3v) is 5.83. The zero-order chi connectivity index (χ0) is 27.3. The fraction of sp³-hybridized carbons (Fsp3) is 0.269. The number of benzene rings is 2. The van der Waals surface area contributed by atoms with E-state index < -0.39 is 60.4 Å². The number of aryl methyl sites for hydroxylation is 1. The Morgan fingerprint density at radius 3 is 1.78 bits per heavy atom. The zero-order valence-electron chi connectivity index (χ0n) is 19.6. The van der Waals surface area contributed by atoms with Crippen LogP contribution in [0.15, 0.2) is 48.6 Å². The van der Waals surface area contributed by atoms with Crippen LogP contribution in [0.5, 0.6) is 17.2 Å². The second-order valence-corrected chi connectivity index (χ2v) is 8.65. The molecule has 4 atom stereocenters. The fourth-order valence-corrected chi connectivity index (χ4v) is 3.71.